The van der Waals surface area contributed by atoms with Crippen molar-refractivity contribution >= 4 is 12.1 Å². The van der Waals surface area contributed by atoms with Gasteiger partial charge in [-0.2, -0.15) is 0 Å². The van der Waals surface area contributed by atoms with E-state index in [1.165, 1.54) is 4.90 Å². The molecule has 0 aromatic heterocycles. The average molecular weight is 305 g/mol. The maximum Gasteiger partial charge on any atom is 0.410 e. The first-order valence-electron chi connectivity index (χ1n) is 7.09. The molecule has 0 aromatic carbocycles. The average Bonchev–Trinajstić information content (AvgIpc) is 2.23. The number of halogens is 2. The summed E-state index contributed by atoms with van der Waals surface area (Å²) in [4.78, 5) is 24.4. The number of carboxylic acid groups (broad SMARTS) is 1. The third-order valence-corrected chi connectivity index (χ3v) is 4.11. The topological polar surface area (TPSA) is 66.8 Å². The fourth-order valence-corrected chi connectivity index (χ4v) is 3.11. The maximum absolute atomic E-state index is 14.2. The predicted molar refractivity (Wildman–Crippen MR) is 70.1 cm³/mol. The molecule has 21 heavy (non-hydrogen) atoms. The molecule has 0 aromatic rings. The first-order chi connectivity index (χ1) is 9.50. The molecule has 1 unspecified atom stereocenters. The second kappa shape index (κ2) is 5.10. The Morgan fingerprint density at radius 2 is 1.67 bits per heavy atom. The van der Waals surface area contributed by atoms with E-state index >= 15 is 0 Å². The van der Waals surface area contributed by atoms with Gasteiger partial charge in [-0.1, -0.05) is 0 Å². The van der Waals surface area contributed by atoms with Crippen molar-refractivity contribution in [3.63, 3.8) is 0 Å². The number of piperidine rings is 1. The van der Waals surface area contributed by atoms with Crippen molar-refractivity contribution < 1.29 is 28.2 Å². The van der Waals surface area contributed by atoms with E-state index in [0.29, 0.717) is 0 Å². The van der Waals surface area contributed by atoms with Crippen LogP contribution < -0.4 is 0 Å². The molecule has 5 nitrogen and oxygen atoms in total. The highest BCUT2D eigenvalue weighted by molar-refractivity contribution is 5.71. The minimum atomic E-state index is -2.91. The summed E-state index contributed by atoms with van der Waals surface area (Å²) in [6.07, 6.45) is -0.808. The van der Waals surface area contributed by atoms with E-state index in [2.05, 4.69) is 0 Å². The molecule has 1 amide bonds. The van der Waals surface area contributed by atoms with E-state index in [-0.39, 0.29) is 25.9 Å². The Labute approximate surface area is 122 Å². The predicted octanol–water partition coefficient (Wildman–Crippen LogP) is 2.60. The van der Waals surface area contributed by atoms with Gasteiger partial charge < -0.3 is 14.7 Å². The van der Waals surface area contributed by atoms with Crippen LogP contribution in [0.25, 0.3) is 0 Å². The number of fused-ring (bicyclic) bond motifs is 2. The third kappa shape index (κ3) is 3.27. The van der Waals surface area contributed by atoms with Gasteiger partial charge in [0, 0.05) is 24.9 Å². The number of hydrogen-bond acceptors (Lipinski definition) is 3. The second-order valence-corrected chi connectivity index (χ2v) is 6.96. The van der Waals surface area contributed by atoms with E-state index in [0.717, 1.165) is 0 Å². The molecule has 1 heterocycles. The van der Waals surface area contributed by atoms with Gasteiger partial charge >= 0.3 is 12.1 Å². The number of aliphatic carboxylic acids is 1. The lowest BCUT2D eigenvalue weighted by Gasteiger charge is -2.48. The Balaban J connectivity index is 2.11. The van der Waals surface area contributed by atoms with Gasteiger partial charge in [0.05, 0.1) is 5.92 Å². The summed E-state index contributed by atoms with van der Waals surface area (Å²) < 4.78 is 33.5. The number of rotatable bonds is 1. The molecule has 1 aliphatic carbocycles. The van der Waals surface area contributed by atoms with Gasteiger partial charge in [-0.25, -0.2) is 13.6 Å². The van der Waals surface area contributed by atoms with Gasteiger partial charge in [-0.3, -0.25) is 4.79 Å². The van der Waals surface area contributed by atoms with Crippen molar-refractivity contribution in [1.29, 1.82) is 0 Å². The van der Waals surface area contributed by atoms with E-state index in [9.17, 15) is 18.4 Å². The Morgan fingerprint density at radius 3 is 2.05 bits per heavy atom. The number of carbonyl (C=O) groups is 2. The van der Waals surface area contributed by atoms with E-state index < -0.39 is 41.3 Å². The van der Waals surface area contributed by atoms with Crippen LogP contribution in [0, 0.1) is 17.8 Å². The minimum Gasteiger partial charge on any atom is -0.481 e. The van der Waals surface area contributed by atoms with E-state index in [4.69, 9.17) is 9.84 Å². The second-order valence-electron chi connectivity index (χ2n) is 6.96. The summed E-state index contributed by atoms with van der Waals surface area (Å²) in [5.74, 6) is -6.92. The molecule has 0 radical (unpaired) electrons. The fourth-order valence-electron chi connectivity index (χ4n) is 3.11. The number of carboxylic acids is 1. The van der Waals surface area contributed by atoms with Crippen LogP contribution in [0.1, 0.15) is 33.6 Å². The number of carbonyl (C=O) groups excluding carboxylic acids is 1. The first-order valence-corrected chi connectivity index (χ1v) is 7.09. The van der Waals surface area contributed by atoms with Crippen LogP contribution >= 0.6 is 0 Å². The van der Waals surface area contributed by atoms with E-state index in [1.54, 1.807) is 20.8 Å². The number of hydrogen-bond donors (Lipinski definition) is 1. The summed E-state index contributed by atoms with van der Waals surface area (Å²) in [6.45, 7) is 4.84. The number of alkyl halides is 2. The van der Waals surface area contributed by atoms with Crippen LogP contribution in [0.15, 0.2) is 0 Å². The lowest BCUT2D eigenvalue weighted by Crippen LogP contribution is -2.59. The smallest absolute Gasteiger partial charge is 0.410 e. The van der Waals surface area contributed by atoms with Crippen molar-refractivity contribution in [2.75, 3.05) is 13.1 Å². The van der Waals surface area contributed by atoms with Crippen LogP contribution in [-0.4, -0.2) is 46.7 Å². The number of amides is 1. The molecule has 2 fully saturated rings. The van der Waals surface area contributed by atoms with Crippen LogP contribution in [0.2, 0.25) is 0 Å². The van der Waals surface area contributed by atoms with E-state index in [1.807, 2.05) is 0 Å². The Morgan fingerprint density at radius 1 is 1.19 bits per heavy atom. The van der Waals surface area contributed by atoms with Crippen molar-refractivity contribution in [2.45, 2.75) is 45.1 Å². The SMILES string of the molecule is CC(C)(C)OC(=O)N1C[C@H]2CC(C(=O)O)C[C@@H](C1)C2(F)F. The number of likely N-dealkylation sites (tertiary alicyclic amines) is 1. The third-order valence-electron chi connectivity index (χ3n) is 4.11. The molecule has 120 valence electrons. The Bertz CT molecular complexity index is 429. The molecule has 2 aliphatic rings. The summed E-state index contributed by atoms with van der Waals surface area (Å²) in [7, 11) is 0. The highest BCUT2D eigenvalue weighted by Gasteiger charge is 2.57. The molecule has 7 heteroatoms. The molecule has 3 atom stereocenters. The fraction of sp³-hybridized carbons (Fsp3) is 0.857. The van der Waals surface area contributed by atoms with Crippen LogP contribution in [0.4, 0.5) is 13.6 Å². The quantitative estimate of drug-likeness (QED) is 0.808. The standard InChI is InChI=1S/C14H21F2NO4/c1-13(2,3)21-12(20)17-6-9-4-8(11(18)19)5-10(7-17)14(9,15)16/h8-10H,4-7H2,1-3H3,(H,18,19)/t8?,9-,10+. The zero-order chi connectivity index (χ0) is 16.0. The van der Waals surface area contributed by atoms with Crippen LogP contribution in [0.3, 0.4) is 0 Å². The minimum absolute atomic E-state index is 0.0991. The van der Waals surface area contributed by atoms with Crippen molar-refractivity contribution in [3.8, 4) is 0 Å². The molecule has 1 saturated carbocycles. The molecule has 2 bridgehead atoms. The first kappa shape index (κ1) is 16.0. The monoisotopic (exact) mass is 305 g/mol. The normalized spacial score (nSPS) is 31.7. The van der Waals surface area contributed by atoms with Gasteiger partial charge in [0.2, 0.25) is 0 Å². The lowest BCUT2D eigenvalue weighted by molar-refractivity contribution is -0.186. The van der Waals surface area contributed by atoms with Crippen molar-refractivity contribution in [3.05, 3.63) is 0 Å². The molecule has 1 saturated heterocycles. The molecule has 1 aliphatic heterocycles. The highest BCUT2D eigenvalue weighted by atomic mass is 19.3. The van der Waals surface area contributed by atoms with Crippen molar-refractivity contribution in [1.82, 2.24) is 4.90 Å². The number of nitrogens with zero attached hydrogens (tertiary/aromatic N) is 1. The molecule has 1 N–H and O–H groups in total. The summed E-state index contributed by atoms with van der Waals surface area (Å²) >= 11 is 0. The highest BCUT2D eigenvalue weighted by Crippen LogP contribution is 2.48. The molecule has 2 rings (SSSR count). The Hall–Kier alpha value is -1.40. The molecular formula is C14H21F2NO4. The van der Waals surface area contributed by atoms with Gasteiger partial charge in [-0.15, -0.1) is 0 Å². The summed E-state index contributed by atoms with van der Waals surface area (Å²) in [5, 5.41) is 9.04. The number of ether oxygens (including phenoxy) is 1. The maximum atomic E-state index is 14.2. The van der Waals surface area contributed by atoms with Gasteiger partial charge in [0.25, 0.3) is 5.92 Å². The zero-order valence-electron chi connectivity index (χ0n) is 12.4. The van der Waals surface area contributed by atoms with Crippen molar-refractivity contribution in [2.24, 2.45) is 17.8 Å². The van der Waals surface area contributed by atoms with Crippen LogP contribution in [-0.2, 0) is 9.53 Å². The summed E-state index contributed by atoms with van der Waals surface area (Å²) in [6, 6.07) is 0. The van der Waals surface area contributed by atoms with Gasteiger partial charge in [0.15, 0.2) is 0 Å². The van der Waals surface area contributed by atoms with Gasteiger partial charge in [-0.05, 0) is 33.6 Å². The Kier molecular flexibility index (Phi) is 3.88. The van der Waals surface area contributed by atoms with Crippen LogP contribution in [0.5, 0.6) is 0 Å². The largest absolute Gasteiger partial charge is 0.481 e. The zero-order valence-corrected chi connectivity index (χ0v) is 12.4. The summed E-state index contributed by atoms with van der Waals surface area (Å²) in [5.41, 5.74) is -0.685. The van der Waals surface area contributed by atoms with Gasteiger partial charge in [0.1, 0.15) is 5.60 Å². The lowest BCUT2D eigenvalue weighted by atomic mass is 9.69. The molecule has 0 spiro atoms. The molecular weight excluding hydrogens is 284 g/mol.